The standard InChI is InChI=1S/C11H11BrN2O/c1-7(6-13)14-11(15)9-4-3-5-10(12)8(9)2/h3-5,7H,1-2H3,(H,14,15). The van der Waals surface area contributed by atoms with Crippen molar-refractivity contribution in [3.05, 3.63) is 33.8 Å². The molecule has 1 amide bonds. The van der Waals surface area contributed by atoms with Gasteiger partial charge >= 0.3 is 0 Å². The summed E-state index contributed by atoms with van der Waals surface area (Å²) in [6.07, 6.45) is 0. The highest BCUT2D eigenvalue weighted by molar-refractivity contribution is 9.10. The maximum atomic E-state index is 11.7. The predicted octanol–water partition coefficient (Wildman–Crippen LogP) is 2.40. The first kappa shape index (κ1) is 11.7. The monoisotopic (exact) mass is 266 g/mol. The molecule has 3 nitrogen and oxygen atoms in total. The number of amides is 1. The molecule has 0 aliphatic carbocycles. The third kappa shape index (κ3) is 2.80. The van der Waals surface area contributed by atoms with Crippen LogP contribution in [0, 0.1) is 18.3 Å². The molecular formula is C11H11BrN2O. The van der Waals surface area contributed by atoms with Crippen molar-refractivity contribution < 1.29 is 4.79 Å². The maximum absolute atomic E-state index is 11.7. The van der Waals surface area contributed by atoms with Crippen molar-refractivity contribution in [3.63, 3.8) is 0 Å². The Hall–Kier alpha value is -1.34. The summed E-state index contributed by atoms with van der Waals surface area (Å²) in [7, 11) is 0. The summed E-state index contributed by atoms with van der Waals surface area (Å²) in [5, 5.41) is 11.2. The highest BCUT2D eigenvalue weighted by Gasteiger charge is 2.12. The lowest BCUT2D eigenvalue weighted by atomic mass is 10.1. The van der Waals surface area contributed by atoms with Gasteiger partial charge in [-0.15, -0.1) is 0 Å². The molecule has 1 aromatic carbocycles. The molecule has 1 rings (SSSR count). The van der Waals surface area contributed by atoms with E-state index in [1.807, 2.05) is 19.1 Å². The summed E-state index contributed by atoms with van der Waals surface area (Å²) in [4.78, 5) is 11.7. The summed E-state index contributed by atoms with van der Waals surface area (Å²) in [5.41, 5.74) is 1.46. The van der Waals surface area contributed by atoms with E-state index in [2.05, 4.69) is 21.2 Å². The lowest BCUT2D eigenvalue weighted by Gasteiger charge is -2.09. The number of carbonyl (C=O) groups is 1. The molecule has 0 fully saturated rings. The van der Waals surface area contributed by atoms with Crippen LogP contribution in [-0.4, -0.2) is 11.9 Å². The summed E-state index contributed by atoms with van der Waals surface area (Å²) < 4.78 is 0.889. The molecule has 1 atom stereocenters. The van der Waals surface area contributed by atoms with E-state index in [4.69, 9.17) is 5.26 Å². The van der Waals surface area contributed by atoms with E-state index in [0.717, 1.165) is 10.0 Å². The Morgan fingerprint density at radius 2 is 2.27 bits per heavy atom. The minimum absolute atomic E-state index is 0.220. The molecule has 0 heterocycles. The molecule has 0 aromatic heterocycles. The molecule has 0 radical (unpaired) electrons. The Bertz CT molecular complexity index is 423. The van der Waals surface area contributed by atoms with Crippen LogP contribution in [0.3, 0.4) is 0 Å². The number of nitrogens with one attached hydrogen (secondary N) is 1. The molecule has 4 heteroatoms. The van der Waals surface area contributed by atoms with Crippen molar-refractivity contribution >= 4 is 21.8 Å². The first-order valence-corrected chi connectivity index (χ1v) is 5.31. The molecule has 1 aromatic rings. The van der Waals surface area contributed by atoms with Gasteiger partial charge in [-0.1, -0.05) is 22.0 Å². The fourth-order valence-corrected chi connectivity index (χ4v) is 1.53. The number of rotatable bonds is 2. The average molecular weight is 267 g/mol. The zero-order valence-electron chi connectivity index (χ0n) is 8.54. The second-order valence-electron chi connectivity index (χ2n) is 3.24. The van der Waals surface area contributed by atoms with Crippen LogP contribution in [0.2, 0.25) is 0 Å². The highest BCUT2D eigenvalue weighted by Crippen LogP contribution is 2.19. The number of nitrogens with zero attached hydrogens (tertiary/aromatic N) is 1. The molecule has 0 spiro atoms. The molecule has 1 N–H and O–H groups in total. The van der Waals surface area contributed by atoms with Crippen LogP contribution in [0.15, 0.2) is 22.7 Å². The van der Waals surface area contributed by atoms with Gasteiger partial charge < -0.3 is 5.32 Å². The Kier molecular flexibility index (Phi) is 3.87. The Morgan fingerprint density at radius 3 is 2.87 bits per heavy atom. The number of halogens is 1. The van der Waals surface area contributed by atoms with E-state index < -0.39 is 6.04 Å². The number of hydrogen-bond acceptors (Lipinski definition) is 2. The normalized spacial score (nSPS) is 11.6. The van der Waals surface area contributed by atoms with Crippen LogP contribution in [0.25, 0.3) is 0 Å². The third-order valence-corrected chi connectivity index (χ3v) is 2.91. The number of benzene rings is 1. The second kappa shape index (κ2) is 4.94. The predicted molar refractivity (Wildman–Crippen MR) is 61.4 cm³/mol. The number of hydrogen-bond donors (Lipinski definition) is 1. The third-order valence-electron chi connectivity index (χ3n) is 2.05. The first-order chi connectivity index (χ1) is 7.06. The summed E-state index contributed by atoms with van der Waals surface area (Å²) in [5.74, 6) is -0.220. The largest absolute Gasteiger partial charge is 0.337 e. The van der Waals surface area contributed by atoms with E-state index in [-0.39, 0.29) is 5.91 Å². The maximum Gasteiger partial charge on any atom is 0.252 e. The van der Waals surface area contributed by atoms with Crippen LogP contribution >= 0.6 is 15.9 Å². The van der Waals surface area contributed by atoms with E-state index in [9.17, 15) is 4.79 Å². The molecule has 0 aliphatic heterocycles. The van der Waals surface area contributed by atoms with Crippen molar-refractivity contribution in [2.24, 2.45) is 0 Å². The van der Waals surface area contributed by atoms with E-state index >= 15 is 0 Å². The van der Waals surface area contributed by atoms with Crippen LogP contribution in [0.4, 0.5) is 0 Å². The number of nitriles is 1. The van der Waals surface area contributed by atoms with Gasteiger partial charge in [-0.2, -0.15) is 5.26 Å². The molecule has 0 bridgehead atoms. The molecule has 0 aliphatic rings. The Balaban J connectivity index is 2.93. The lowest BCUT2D eigenvalue weighted by Crippen LogP contribution is -2.31. The van der Waals surface area contributed by atoms with E-state index in [1.165, 1.54) is 0 Å². The molecular weight excluding hydrogens is 256 g/mol. The molecule has 0 saturated heterocycles. The Labute approximate surface area is 97.2 Å². The minimum atomic E-state index is -0.476. The summed E-state index contributed by atoms with van der Waals surface area (Å²) in [6, 6.07) is 6.89. The molecule has 0 saturated carbocycles. The van der Waals surface area contributed by atoms with Gasteiger partial charge in [-0.3, -0.25) is 4.79 Å². The van der Waals surface area contributed by atoms with Gasteiger partial charge in [0.1, 0.15) is 6.04 Å². The topological polar surface area (TPSA) is 52.9 Å². The lowest BCUT2D eigenvalue weighted by molar-refractivity contribution is 0.0947. The average Bonchev–Trinajstić information content (AvgIpc) is 2.21. The van der Waals surface area contributed by atoms with Gasteiger partial charge in [-0.25, -0.2) is 0 Å². The fraction of sp³-hybridized carbons (Fsp3) is 0.273. The molecule has 15 heavy (non-hydrogen) atoms. The van der Waals surface area contributed by atoms with Crippen molar-refractivity contribution in [2.75, 3.05) is 0 Å². The van der Waals surface area contributed by atoms with Gasteiger partial charge in [0.15, 0.2) is 0 Å². The van der Waals surface area contributed by atoms with Crippen LogP contribution in [0.5, 0.6) is 0 Å². The van der Waals surface area contributed by atoms with Crippen LogP contribution in [0.1, 0.15) is 22.8 Å². The van der Waals surface area contributed by atoms with Gasteiger partial charge in [0.2, 0.25) is 0 Å². The fourth-order valence-electron chi connectivity index (χ4n) is 1.16. The van der Waals surface area contributed by atoms with Crippen LogP contribution < -0.4 is 5.32 Å². The summed E-state index contributed by atoms with van der Waals surface area (Å²) in [6.45, 7) is 3.50. The zero-order chi connectivity index (χ0) is 11.4. The minimum Gasteiger partial charge on any atom is -0.337 e. The van der Waals surface area contributed by atoms with Crippen molar-refractivity contribution in [3.8, 4) is 6.07 Å². The first-order valence-electron chi connectivity index (χ1n) is 4.52. The smallest absolute Gasteiger partial charge is 0.252 e. The highest BCUT2D eigenvalue weighted by atomic mass is 79.9. The van der Waals surface area contributed by atoms with Gasteiger partial charge in [0, 0.05) is 10.0 Å². The van der Waals surface area contributed by atoms with E-state index in [0.29, 0.717) is 5.56 Å². The van der Waals surface area contributed by atoms with Crippen molar-refractivity contribution in [1.82, 2.24) is 5.32 Å². The quantitative estimate of drug-likeness (QED) is 0.894. The zero-order valence-corrected chi connectivity index (χ0v) is 10.1. The van der Waals surface area contributed by atoms with Crippen LogP contribution in [-0.2, 0) is 0 Å². The Morgan fingerprint density at radius 1 is 1.60 bits per heavy atom. The van der Waals surface area contributed by atoms with E-state index in [1.54, 1.807) is 19.1 Å². The van der Waals surface area contributed by atoms with Crippen molar-refractivity contribution in [2.45, 2.75) is 19.9 Å². The molecule has 1 unspecified atom stereocenters. The number of carbonyl (C=O) groups excluding carboxylic acids is 1. The molecule has 78 valence electrons. The SMILES string of the molecule is Cc1c(Br)cccc1C(=O)NC(C)C#N. The summed E-state index contributed by atoms with van der Waals surface area (Å²) >= 11 is 3.35. The van der Waals surface area contributed by atoms with Gasteiger partial charge in [0.25, 0.3) is 5.91 Å². The van der Waals surface area contributed by atoms with Gasteiger partial charge in [-0.05, 0) is 31.5 Å². The second-order valence-corrected chi connectivity index (χ2v) is 4.09. The van der Waals surface area contributed by atoms with Gasteiger partial charge in [0.05, 0.1) is 6.07 Å². The van der Waals surface area contributed by atoms with Crippen molar-refractivity contribution in [1.29, 1.82) is 5.26 Å².